The Morgan fingerprint density at radius 3 is 2.55 bits per heavy atom. The lowest BCUT2D eigenvalue weighted by Crippen LogP contribution is -2.34. The van der Waals surface area contributed by atoms with E-state index in [0.29, 0.717) is 10.9 Å². The Hall–Kier alpha value is -1.87. The molecule has 20 heavy (non-hydrogen) atoms. The molecule has 1 atom stereocenters. The van der Waals surface area contributed by atoms with Crippen molar-refractivity contribution in [2.45, 2.75) is 12.5 Å². The molecule has 0 radical (unpaired) electrons. The fourth-order valence-corrected chi connectivity index (χ4v) is 2.36. The van der Waals surface area contributed by atoms with Crippen molar-refractivity contribution >= 4 is 23.2 Å². The number of hydrogen-bond acceptors (Lipinski definition) is 2. The van der Waals surface area contributed by atoms with Crippen molar-refractivity contribution in [1.82, 2.24) is 0 Å². The maximum absolute atomic E-state index is 13.5. The predicted octanol–water partition coefficient (Wildman–Crippen LogP) is 4.63. The summed E-state index contributed by atoms with van der Waals surface area (Å²) in [4.78, 5) is 4.47. The maximum Gasteiger partial charge on any atom is 0.222 e. The summed E-state index contributed by atoms with van der Waals surface area (Å²) >= 11 is 5.87. The van der Waals surface area contributed by atoms with E-state index in [1.165, 1.54) is 0 Å². The first kappa shape index (κ1) is 13.1. The second-order valence-corrected chi connectivity index (χ2v) is 5.34. The van der Waals surface area contributed by atoms with Crippen LogP contribution in [-0.2, 0) is 10.3 Å². The van der Waals surface area contributed by atoms with Crippen molar-refractivity contribution in [2.75, 3.05) is 6.67 Å². The Morgan fingerprint density at radius 1 is 1.15 bits per heavy atom. The normalized spacial score (nSPS) is 20.9. The van der Waals surface area contributed by atoms with Crippen LogP contribution in [0.4, 0.5) is 10.1 Å². The molecule has 1 aliphatic rings. The van der Waals surface area contributed by atoms with Gasteiger partial charge in [0.05, 0.1) is 5.69 Å². The minimum atomic E-state index is -1.01. The lowest BCUT2D eigenvalue weighted by atomic mass is 9.94. The Bertz CT molecular complexity index is 668. The topological polar surface area (TPSA) is 21.6 Å². The number of para-hydroxylation sites is 1. The predicted molar refractivity (Wildman–Crippen MR) is 78.5 cm³/mol. The fraction of sp³-hybridized carbons (Fsp3) is 0.188. The third-order valence-corrected chi connectivity index (χ3v) is 3.62. The second kappa shape index (κ2) is 4.91. The number of aliphatic imine (C=N–C) groups is 1. The summed E-state index contributed by atoms with van der Waals surface area (Å²) in [5.41, 5.74) is 1.28. The molecule has 2 nitrogen and oxygen atoms in total. The van der Waals surface area contributed by atoms with Gasteiger partial charge in [0.2, 0.25) is 5.90 Å². The van der Waals surface area contributed by atoms with Crippen molar-refractivity contribution < 1.29 is 9.13 Å². The Morgan fingerprint density at radius 2 is 1.85 bits per heavy atom. The summed E-state index contributed by atoms with van der Waals surface area (Å²) in [5, 5.41) is 0.638. The summed E-state index contributed by atoms with van der Waals surface area (Å²) in [6.45, 7) is 1.12. The van der Waals surface area contributed by atoms with Gasteiger partial charge in [0, 0.05) is 16.1 Å². The third kappa shape index (κ3) is 2.18. The van der Waals surface area contributed by atoms with Crippen LogP contribution in [0.25, 0.3) is 0 Å². The van der Waals surface area contributed by atoms with Crippen molar-refractivity contribution in [3.05, 3.63) is 64.7 Å². The van der Waals surface area contributed by atoms with Gasteiger partial charge < -0.3 is 4.74 Å². The third-order valence-electron chi connectivity index (χ3n) is 3.36. The van der Waals surface area contributed by atoms with Gasteiger partial charge in [0.1, 0.15) is 6.67 Å². The first-order chi connectivity index (χ1) is 9.62. The van der Waals surface area contributed by atoms with Gasteiger partial charge in [-0.25, -0.2) is 9.38 Å². The summed E-state index contributed by atoms with van der Waals surface area (Å²) in [5.74, 6) is 0.417. The Balaban J connectivity index is 2.11. The number of fused-ring (bicyclic) bond motifs is 1. The van der Waals surface area contributed by atoms with Crippen LogP contribution in [0.15, 0.2) is 53.5 Å². The standard InChI is InChI=1S/C16H13ClFNO/c1-16(10-18)13-4-2-3-5-14(13)19-15(20-16)11-6-8-12(17)9-7-11/h2-9H,10H2,1H3. The van der Waals surface area contributed by atoms with Crippen LogP contribution in [0, 0.1) is 0 Å². The zero-order chi connectivity index (χ0) is 14.2. The minimum absolute atomic E-state index is 0.417. The van der Waals surface area contributed by atoms with Gasteiger partial charge in [-0.3, -0.25) is 0 Å². The lowest BCUT2D eigenvalue weighted by Gasteiger charge is -2.33. The van der Waals surface area contributed by atoms with Crippen LogP contribution < -0.4 is 0 Å². The molecule has 0 amide bonds. The molecule has 0 bridgehead atoms. The van der Waals surface area contributed by atoms with E-state index >= 15 is 0 Å². The molecule has 1 aliphatic heterocycles. The molecule has 1 unspecified atom stereocenters. The molecule has 1 heterocycles. The van der Waals surface area contributed by atoms with Crippen molar-refractivity contribution in [3.63, 3.8) is 0 Å². The first-order valence-corrected chi connectivity index (χ1v) is 6.69. The average molecular weight is 290 g/mol. The molecule has 2 aromatic rings. The highest BCUT2D eigenvalue weighted by Crippen LogP contribution is 2.38. The number of ether oxygens (including phenoxy) is 1. The summed E-state index contributed by atoms with van der Waals surface area (Å²) in [6.07, 6.45) is 0. The first-order valence-electron chi connectivity index (χ1n) is 6.31. The van der Waals surface area contributed by atoms with E-state index < -0.39 is 12.3 Å². The molecule has 0 spiro atoms. The summed E-state index contributed by atoms with van der Waals surface area (Å²) in [7, 11) is 0. The molecule has 102 valence electrons. The molecule has 0 N–H and O–H groups in total. The van der Waals surface area contributed by atoms with Gasteiger partial charge in [0.25, 0.3) is 0 Å². The van der Waals surface area contributed by atoms with E-state index in [-0.39, 0.29) is 0 Å². The molecule has 3 rings (SSSR count). The zero-order valence-corrected chi connectivity index (χ0v) is 11.7. The van der Waals surface area contributed by atoms with Gasteiger partial charge in [-0.2, -0.15) is 0 Å². The van der Waals surface area contributed by atoms with Crippen molar-refractivity contribution in [2.24, 2.45) is 4.99 Å². The maximum atomic E-state index is 13.5. The van der Waals surface area contributed by atoms with Gasteiger partial charge in [-0.1, -0.05) is 29.8 Å². The Labute approximate surface area is 121 Å². The average Bonchev–Trinajstić information content (AvgIpc) is 2.48. The van der Waals surface area contributed by atoms with Crippen LogP contribution in [0.3, 0.4) is 0 Å². The van der Waals surface area contributed by atoms with Crippen LogP contribution in [0.2, 0.25) is 5.02 Å². The lowest BCUT2D eigenvalue weighted by molar-refractivity contribution is 0.0421. The van der Waals surface area contributed by atoms with Crippen LogP contribution in [0.5, 0.6) is 0 Å². The number of hydrogen-bond donors (Lipinski definition) is 0. The molecule has 4 heteroatoms. The molecule has 0 saturated carbocycles. The van der Waals surface area contributed by atoms with E-state index in [0.717, 1.165) is 16.8 Å². The Kier molecular flexibility index (Phi) is 3.22. The summed E-state index contributed by atoms with van der Waals surface area (Å²) < 4.78 is 19.3. The smallest absolute Gasteiger partial charge is 0.222 e. The number of nitrogens with zero attached hydrogens (tertiary/aromatic N) is 1. The molecule has 0 aliphatic carbocycles. The van der Waals surface area contributed by atoms with E-state index in [1.54, 1.807) is 19.1 Å². The van der Waals surface area contributed by atoms with E-state index in [2.05, 4.69) is 4.99 Å². The molecule has 0 saturated heterocycles. The number of alkyl halides is 1. The van der Waals surface area contributed by atoms with Crippen LogP contribution in [-0.4, -0.2) is 12.6 Å². The van der Waals surface area contributed by atoms with Gasteiger partial charge in [-0.15, -0.1) is 0 Å². The van der Waals surface area contributed by atoms with Crippen LogP contribution in [0.1, 0.15) is 18.1 Å². The van der Waals surface area contributed by atoms with E-state index in [9.17, 15) is 4.39 Å². The van der Waals surface area contributed by atoms with Crippen LogP contribution >= 0.6 is 11.6 Å². The minimum Gasteiger partial charge on any atom is -0.463 e. The highest BCUT2D eigenvalue weighted by Gasteiger charge is 2.36. The molecule has 0 fully saturated rings. The number of rotatable bonds is 2. The van der Waals surface area contributed by atoms with E-state index in [4.69, 9.17) is 16.3 Å². The molecule has 2 aromatic carbocycles. The van der Waals surface area contributed by atoms with Gasteiger partial charge in [0.15, 0.2) is 5.60 Å². The SMILES string of the molecule is CC1(CF)OC(c2ccc(Cl)cc2)=Nc2ccccc21. The fourth-order valence-electron chi connectivity index (χ4n) is 2.23. The molecule has 0 aromatic heterocycles. The van der Waals surface area contributed by atoms with Crippen molar-refractivity contribution in [1.29, 1.82) is 0 Å². The largest absolute Gasteiger partial charge is 0.463 e. The highest BCUT2D eigenvalue weighted by molar-refractivity contribution is 6.30. The van der Waals surface area contributed by atoms with Gasteiger partial charge in [-0.05, 0) is 37.3 Å². The van der Waals surface area contributed by atoms with Gasteiger partial charge >= 0.3 is 0 Å². The second-order valence-electron chi connectivity index (χ2n) is 4.91. The monoisotopic (exact) mass is 289 g/mol. The summed E-state index contributed by atoms with van der Waals surface area (Å²) in [6, 6.07) is 14.6. The molecular weight excluding hydrogens is 277 g/mol. The quantitative estimate of drug-likeness (QED) is 0.789. The zero-order valence-electron chi connectivity index (χ0n) is 10.9. The number of halogens is 2. The van der Waals surface area contributed by atoms with E-state index in [1.807, 2.05) is 36.4 Å². The molecular formula is C16H13ClFNO. The number of benzene rings is 2. The highest BCUT2D eigenvalue weighted by atomic mass is 35.5. The van der Waals surface area contributed by atoms with Crippen molar-refractivity contribution in [3.8, 4) is 0 Å².